The third kappa shape index (κ3) is 8.27. The summed E-state index contributed by atoms with van der Waals surface area (Å²) in [4.78, 5) is 35.0. The van der Waals surface area contributed by atoms with Crippen molar-refractivity contribution in [3.05, 3.63) is 28.8 Å². The van der Waals surface area contributed by atoms with Gasteiger partial charge in [-0.3, -0.25) is 19.4 Å². The monoisotopic (exact) mass is 478 g/mol. The average molecular weight is 479 g/mol. The van der Waals surface area contributed by atoms with Crippen molar-refractivity contribution in [2.75, 3.05) is 50.7 Å². The first kappa shape index (κ1) is 27.6. The molecule has 2 amide bonds. The molecule has 0 aromatic heterocycles. The molecule has 186 valence electrons. The number of carbonyl (C=O) groups is 2. The van der Waals surface area contributed by atoms with Crippen molar-refractivity contribution in [2.45, 2.75) is 67.0 Å². The van der Waals surface area contributed by atoms with Crippen LogP contribution in [0.2, 0.25) is 5.02 Å². The summed E-state index contributed by atoms with van der Waals surface area (Å²) in [5, 5.41) is 0.607. The highest BCUT2D eigenvalue weighted by atomic mass is 35.5. The summed E-state index contributed by atoms with van der Waals surface area (Å²) >= 11 is 6.39. The van der Waals surface area contributed by atoms with Gasteiger partial charge in [-0.25, -0.2) is 0 Å². The maximum absolute atomic E-state index is 13.3. The normalized spacial score (nSPS) is 16.3. The molecule has 1 aromatic carbocycles. The number of carbonyl (C=O) groups excluding carboxylic acids is 2. The Labute approximate surface area is 205 Å². The van der Waals surface area contributed by atoms with Gasteiger partial charge in [-0.1, -0.05) is 45.4 Å². The third-order valence-electron chi connectivity index (χ3n) is 6.40. The maximum atomic E-state index is 13.3. The van der Waals surface area contributed by atoms with Crippen LogP contribution in [0, 0.1) is 5.92 Å². The van der Waals surface area contributed by atoms with E-state index in [9.17, 15) is 9.59 Å². The van der Waals surface area contributed by atoms with Crippen molar-refractivity contribution in [3.63, 3.8) is 0 Å². The molecule has 0 unspecified atom stereocenters. The Bertz CT molecular complexity index is 780. The van der Waals surface area contributed by atoms with Crippen molar-refractivity contribution < 1.29 is 9.59 Å². The van der Waals surface area contributed by atoms with E-state index in [-0.39, 0.29) is 17.7 Å². The Morgan fingerprint density at radius 1 is 1.00 bits per heavy atom. The Morgan fingerprint density at radius 3 is 2.30 bits per heavy atom. The third-order valence-corrected chi connectivity index (χ3v) is 6.64. The number of benzene rings is 1. The summed E-state index contributed by atoms with van der Waals surface area (Å²) in [5.41, 5.74) is 1.81. The van der Waals surface area contributed by atoms with Gasteiger partial charge in [0.15, 0.2) is 0 Å². The number of hydrogen-bond donors (Lipinski definition) is 0. The molecule has 1 heterocycles. The molecule has 0 aliphatic carbocycles. The zero-order valence-corrected chi connectivity index (χ0v) is 22.2. The fourth-order valence-electron chi connectivity index (χ4n) is 4.31. The molecule has 0 radical (unpaired) electrons. The molecular weight excluding hydrogens is 436 g/mol. The Kier molecular flexibility index (Phi) is 11.1. The predicted octanol–water partition coefficient (Wildman–Crippen LogP) is 4.50. The molecule has 0 saturated heterocycles. The van der Waals surface area contributed by atoms with Crippen LogP contribution in [0.5, 0.6) is 0 Å². The fourth-order valence-corrected chi connectivity index (χ4v) is 4.47. The van der Waals surface area contributed by atoms with Gasteiger partial charge >= 0.3 is 0 Å². The molecule has 0 N–H and O–H groups in total. The summed E-state index contributed by atoms with van der Waals surface area (Å²) in [6.07, 6.45) is 1.37. The van der Waals surface area contributed by atoms with Gasteiger partial charge < -0.3 is 9.80 Å². The number of halogens is 1. The highest BCUT2D eigenvalue weighted by Gasteiger charge is 2.25. The number of amides is 2. The number of rotatable bonds is 7. The molecule has 33 heavy (non-hydrogen) atoms. The van der Waals surface area contributed by atoms with Crippen molar-refractivity contribution in [3.8, 4) is 0 Å². The second-order valence-corrected chi connectivity index (χ2v) is 10.1. The number of anilines is 1. The molecule has 6 nitrogen and oxygen atoms in total. The van der Waals surface area contributed by atoms with Crippen LogP contribution in [0.4, 0.5) is 5.69 Å². The molecule has 1 aromatic rings. The lowest BCUT2D eigenvalue weighted by molar-refractivity contribution is -0.133. The van der Waals surface area contributed by atoms with Crippen molar-refractivity contribution >= 4 is 29.1 Å². The van der Waals surface area contributed by atoms with Crippen molar-refractivity contribution in [2.24, 2.45) is 5.92 Å². The molecule has 0 bridgehead atoms. The lowest BCUT2D eigenvalue weighted by atomic mass is 10.1. The lowest BCUT2D eigenvalue weighted by Crippen LogP contribution is -2.44. The smallest absolute Gasteiger partial charge is 0.237 e. The molecule has 0 fully saturated rings. The Morgan fingerprint density at radius 2 is 1.70 bits per heavy atom. The van der Waals surface area contributed by atoms with E-state index in [1.54, 1.807) is 0 Å². The predicted molar refractivity (Wildman–Crippen MR) is 138 cm³/mol. The van der Waals surface area contributed by atoms with Crippen LogP contribution in [-0.2, 0) is 16.1 Å². The largest absolute Gasteiger partial charge is 0.336 e. The van der Waals surface area contributed by atoms with Gasteiger partial charge in [-0.15, -0.1) is 0 Å². The summed E-state index contributed by atoms with van der Waals surface area (Å²) < 4.78 is 0. The summed E-state index contributed by atoms with van der Waals surface area (Å²) in [6, 6.07) is 6.10. The van der Waals surface area contributed by atoms with Gasteiger partial charge in [-0.05, 0) is 57.0 Å². The molecule has 1 aliphatic rings. The molecule has 0 atom stereocenters. The second kappa shape index (κ2) is 13.3. The minimum atomic E-state index is 0.116. The zero-order chi connectivity index (χ0) is 24.5. The van der Waals surface area contributed by atoms with Crippen LogP contribution in [0.3, 0.4) is 0 Å². The highest BCUT2D eigenvalue weighted by molar-refractivity contribution is 6.31. The Hall–Kier alpha value is -1.63. The molecule has 7 heteroatoms. The minimum absolute atomic E-state index is 0.116. The molecular formula is C26H43ClN4O2. The SMILES string of the molecule is CCN(CC)CC(=O)N1CCN(C(C)C)CCCN(C(=O)CC(C)C)c2cc(Cl)ccc2C1. The van der Waals surface area contributed by atoms with E-state index in [1.807, 2.05) is 28.0 Å². The van der Waals surface area contributed by atoms with Crippen LogP contribution in [0.25, 0.3) is 0 Å². The highest BCUT2D eigenvalue weighted by Crippen LogP contribution is 2.28. The first-order valence-electron chi connectivity index (χ1n) is 12.5. The first-order valence-corrected chi connectivity index (χ1v) is 12.9. The minimum Gasteiger partial charge on any atom is -0.336 e. The summed E-state index contributed by atoms with van der Waals surface area (Å²) in [6.45, 7) is 18.3. The van der Waals surface area contributed by atoms with E-state index in [1.165, 1.54) is 0 Å². The van der Waals surface area contributed by atoms with Gasteiger partial charge in [-0.2, -0.15) is 0 Å². The number of fused-ring (bicyclic) bond motifs is 1. The van der Waals surface area contributed by atoms with E-state index in [4.69, 9.17) is 11.6 Å². The summed E-state index contributed by atoms with van der Waals surface area (Å²) in [7, 11) is 0. The Balaban J connectivity index is 2.45. The number of likely N-dealkylation sites (N-methyl/N-ethyl adjacent to an activating group) is 1. The maximum Gasteiger partial charge on any atom is 0.237 e. The van der Waals surface area contributed by atoms with Crippen LogP contribution in [0.1, 0.15) is 59.9 Å². The quantitative estimate of drug-likeness (QED) is 0.578. The van der Waals surface area contributed by atoms with E-state index in [0.717, 1.165) is 43.9 Å². The molecule has 1 aliphatic heterocycles. The van der Waals surface area contributed by atoms with E-state index in [0.29, 0.717) is 43.7 Å². The number of hydrogen-bond acceptors (Lipinski definition) is 4. The topological polar surface area (TPSA) is 47.1 Å². The second-order valence-electron chi connectivity index (χ2n) is 9.68. The van der Waals surface area contributed by atoms with Crippen molar-refractivity contribution in [1.82, 2.24) is 14.7 Å². The van der Waals surface area contributed by atoms with E-state index >= 15 is 0 Å². The standard InChI is InChI=1S/C26H43ClN4O2/c1-7-28(8-2)19-26(33)30-15-14-29(21(5)6)12-9-13-31(25(32)16-20(3)4)24-17-23(27)11-10-22(24)18-30/h10-11,17,20-21H,7-9,12-16,18-19H2,1-6H3. The van der Waals surface area contributed by atoms with Gasteiger partial charge in [0.1, 0.15) is 0 Å². The van der Waals surface area contributed by atoms with Gasteiger partial charge in [0.2, 0.25) is 11.8 Å². The van der Waals surface area contributed by atoms with Crippen LogP contribution < -0.4 is 4.90 Å². The van der Waals surface area contributed by atoms with Gasteiger partial charge in [0.05, 0.1) is 12.2 Å². The number of nitrogens with zero attached hydrogens (tertiary/aromatic N) is 4. The van der Waals surface area contributed by atoms with Gasteiger partial charge in [0.25, 0.3) is 0 Å². The van der Waals surface area contributed by atoms with E-state index < -0.39 is 0 Å². The molecule has 2 rings (SSSR count). The molecule has 0 spiro atoms. The average Bonchev–Trinajstić information content (AvgIpc) is 2.79. The van der Waals surface area contributed by atoms with Crippen LogP contribution in [-0.4, -0.2) is 78.4 Å². The van der Waals surface area contributed by atoms with Crippen LogP contribution >= 0.6 is 11.6 Å². The van der Waals surface area contributed by atoms with Crippen molar-refractivity contribution in [1.29, 1.82) is 0 Å². The first-order chi connectivity index (χ1) is 15.7. The van der Waals surface area contributed by atoms with Crippen LogP contribution in [0.15, 0.2) is 18.2 Å². The fraction of sp³-hybridized carbons (Fsp3) is 0.692. The molecule has 0 saturated carbocycles. The van der Waals surface area contributed by atoms with E-state index in [2.05, 4.69) is 51.3 Å². The zero-order valence-electron chi connectivity index (χ0n) is 21.4. The lowest BCUT2D eigenvalue weighted by Gasteiger charge is -2.31. The summed E-state index contributed by atoms with van der Waals surface area (Å²) in [5.74, 6) is 0.519. The van der Waals surface area contributed by atoms with Gasteiger partial charge in [0, 0.05) is 50.2 Å².